The highest BCUT2D eigenvalue weighted by atomic mass is 79.9. The molecule has 0 aliphatic rings. The van der Waals surface area contributed by atoms with Crippen LogP contribution < -0.4 is 10.6 Å². The van der Waals surface area contributed by atoms with E-state index in [2.05, 4.69) is 26.6 Å². The zero-order valence-corrected chi connectivity index (χ0v) is 12.0. The van der Waals surface area contributed by atoms with Crippen molar-refractivity contribution >= 4 is 21.8 Å². The minimum absolute atomic E-state index is 0.0697. The van der Waals surface area contributed by atoms with Gasteiger partial charge in [-0.15, -0.1) is 0 Å². The van der Waals surface area contributed by atoms with Crippen LogP contribution in [0.5, 0.6) is 0 Å². The highest BCUT2D eigenvalue weighted by Gasteiger charge is 2.10. The number of carbonyl (C=O) groups excluding carboxylic acids is 1. The number of nitrogens with one attached hydrogen (secondary N) is 2. The lowest BCUT2D eigenvalue weighted by Gasteiger charge is -2.12. The van der Waals surface area contributed by atoms with Gasteiger partial charge in [-0.25, -0.2) is 0 Å². The second-order valence-corrected chi connectivity index (χ2v) is 5.07. The summed E-state index contributed by atoms with van der Waals surface area (Å²) in [5.41, 5.74) is 0. The molecule has 17 heavy (non-hydrogen) atoms. The number of carbonyl (C=O) groups is 1. The molecule has 1 heterocycles. The van der Waals surface area contributed by atoms with E-state index in [9.17, 15) is 4.79 Å². The third-order valence-corrected chi connectivity index (χ3v) is 2.70. The van der Waals surface area contributed by atoms with Gasteiger partial charge in [-0.05, 0) is 48.8 Å². The van der Waals surface area contributed by atoms with Crippen molar-refractivity contribution in [3.63, 3.8) is 0 Å². The Hall–Kier alpha value is -0.810. The van der Waals surface area contributed by atoms with E-state index < -0.39 is 0 Å². The molecule has 0 aliphatic heterocycles. The van der Waals surface area contributed by atoms with Crippen LogP contribution >= 0.6 is 15.9 Å². The molecule has 1 atom stereocenters. The topological polar surface area (TPSA) is 54.3 Å². The van der Waals surface area contributed by atoms with E-state index in [4.69, 9.17) is 4.42 Å². The summed E-state index contributed by atoms with van der Waals surface area (Å²) in [5.74, 6) is 0.932. The molecule has 0 radical (unpaired) electrons. The van der Waals surface area contributed by atoms with E-state index >= 15 is 0 Å². The third kappa shape index (κ3) is 5.37. The number of rotatable bonds is 6. The Bertz CT molecular complexity index is 363. The summed E-state index contributed by atoms with van der Waals surface area (Å²) >= 11 is 3.26. The summed E-state index contributed by atoms with van der Waals surface area (Å²) < 4.78 is 6.14. The van der Waals surface area contributed by atoms with Gasteiger partial charge in [-0.1, -0.05) is 0 Å². The molecular weight excluding hydrogens is 284 g/mol. The molecule has 1 aromatic heterocycles. The summed E-state index contributed by atoms with van der Waals surface area (Å²) in [6.07, 6.45) is 0.477. The van der Waals surface area contributed by atoms with Gasteiger partial charge in [0.25, 0.3) is 0 Å². The summed E-state index contributed by atoms with van der Waals surface area (Å²) in [6.45, 7) is 6.55. The Labute approximate surface area is 110 Å². The van der Waals surface area contributed by atoms with Gasteiger partial charge < -0.3 is 15.1 Å². The quantitative estimate of drug-likeness (QED) is 0.849. The molecule has 1 rings (SSSR count). The number of amides is 1. The van der Waals surface area contributed by atoms with Crippen LogP contribution in [0.3, 0.4) is 0 Å². The van der Waals surface area contributed by atoms with Crippen molar-refractivity contribution < 1.29 is 9.21 Å². The monoisotopic (exact) mass is 302 g/mol. The SMILES string of the molecule is CC(C)NC(=O)CCNC(C)c1ccc(Br)o1. The number of halogens is 1. The van der Waals surface area contributed by atoms with Gasteiger partial charge in [0.1, 0.15) is 5.76 Å². The number of hydrogen-bond acceptors (Lipinski definition) is 3. The second-order valence-electron chi connectivity index (χ2n) is 4.29. The largest absolute Gasteiger partial charge is 0.453 e. The van der Waals surface area contributed by atoms with Crippen LogP contribution in [-0.4, -0.2) is 18.5 Å². The molecule has 1 aromatic rings. The molecule has 0 aromatic carbocycles. The summed E-state index contributed by atoms with van der Waals surface area (Å²) in [7, 11) is 0. The lowest BCUT2D eigenvalue weighted by atomic mass is 10.2. The molecule has 0 spiro atoms. The Kier molecular flexibility index (Phi) is 5.71. The molecule has 96 valence electrons. The standard InChI is InChI=1S/C12H19BrN2O2/c1-8(2)15-12(16)6-7-14-9(3)10-4-5-11(13)17-10/h4-5,8-9,14H,6-7H2,1-3H3,(H,15,16). The molecule has 1 amide bonds. The average molecular weight is 303 g/mol. The minimum Gasteiger partial charge on any atom is -0.453 e. The zero-order chi connectivity index (χ0) is 12.8. The smallest absolute Gasteiger partial charge is 0.221 e. The highest BCUT2D eigenvalue weighted by molar-refractivity contribution is 9.10. The van der Waals surface area contributed by atoms with E-state index in [1.165, 1.54) is 0 Å². The second kappa shape index (κ2) is 6.81. The Morgan fingerprint density at radius 2 is 2.12 bits per heavy atom. The Morgan fingerprint density at radius 3 is 2.65 bits per heavy atom. The van der Waals surface area contributed by atoms with Crippen molar-refractivity contribution in [2.45, 2.75) is 39.3 Å². The van der Waals surface area contributed by atoms with Crippen molar-refractivity contribution in [3.8, 4) is 0 Å². The first-order chi connectivity index (χ1) is 7.99. The Morgan fingerprint density at radius 1 is 1.41 bits per heavy atom. The van der Waals surface area contributed by atoms with Gasteiger partial charge >= 0.3 is 0 Å². The molecule has 0 saturated carbocycles. The molecule has 0 saturated heterocycles. The summed E-state index contributed by atoms with van der Waals surface area (Å²) in [6, 6.07) is 4.07. The zero-order valence-electron chi connectivity index (χ0n) is 10.4. The molecule has 0 aliphatic carbocycles. The van der Waals surface area contributed by atoms with Gasteiger partial charge in [-0.3, -0.25) is 4.79 Å². The summed E-state index contributed by atoms with van der Waals surface area (Å²) in [5, 5.41) is 6.09. The van der Waals surface area contributed by atoms with E-state index in [1.807, 2.05) is 32.9 Å². The maximum atomic E-state index is 11.4. The highest BCUT2D eigenvalue weighted by Crippen LogP contribution is 2.19. The molecule has 1 unspecified atom stereocenters. The lowest BCUT2D eigenvalue weighted by Crippen LogP contribution is -2.33. The molecule has 2 N–H and O–H groups in total. The van der Waals surface area contributed by atoms with Crippen molar-refractivity contribution in [2.24, 2.45) is 0 Å². The van der Waals surface area contributed by atoms with E-state index in [-0.39, 0.29) is 18.0 Å². The fraction of sp³-hybridized carbons (Fsp3) is 0.583. The van der Waals surface area contributed by atoms with Crippen molar-refractivity contribution in [1.29, 1.82) is 0 Å². The first kappa shape index (κ1) is 14.3. The maximum absolute atomic E-state index is 11.4. The first-order valence-electron chi connectivity index (χ1n) is 5.77. The minimum atomic E-state index is 0.0697. The van der Waals surface area contributed by atoms with Crippen LogP contribution in [-0.2, 0) is 4.79 Å². The van der Waals surface area contributed by atoms with Crippen molar-refractivity contribution in [3.05, 3.63) is 22.6 Å². The molecular formula is C12H19BrN2O2. The predicted molar refractivity (Wildman–Crippen MR) is 70.7 cm³/mol. The van der Waals surface area contributed by atoms with Crippen LogP contribution in [0.25, 0.3) is 0 Å². The molecule has 5 heteroatoms. The average Bonchev–Trinajstić information content (AvgIpc) is 2.63. The predicted octanol–water partition coefficient (Wildman–Crippen LogP) is 2.61. The summed E-state index contributed by atoms with van der Waals surface area (Å²) in [4.78, 5) is 11.4. The van der Waals surface area contributed by atoms with Gasteiger partial charge in [0, 0.05) is 19.0 Å². The first-order valence-corrected chi connectivity index (χ1v) is 6.56. The molecule has 4 nitrogen and oxygen atoms in total. The van der Waals surface area contributed by atoms with E-state index in [0.29, 0.717) is 13.0 Å². The number of furan rings is 1. The van der Waals surface area contributed by atoms with Gasteiger partial charge in [-0.2, -0.15) is 0 Å². The van der Waals surface area contributed by atoms with E-state index in [0.717, 1.165) is 10.4 Å². The van der Waals surface area contributed by atoms with Gasteiger partial charge in [0.05, 0.1) is 6.04 Å². The lowest BCUT2D eigenvalue weighted by molar-refractivity contribution is -0.121. The maximum Gasteiger partial charge on any atom is 0.221 e. The van der Waals surface area contributed by atoms with Crippen LogP contribution in [0.2, 0.25) is 0 Å². The Balaban J connectivity index is 2.25. The van der Waals surface area contributed by atoms with Crippen LogP contribution in [0.4, 0.5) is 0 Å². The van der Waals surface area contributed by atoms with Crippen LogP contribution in [0, 0.1) is 0 Å². The van der Waals surface area contributed by atoms with Crippen molar-refractivity contribution in [1.82, 2.24) is 10.6 Å². The van der Waals surface area contributed by atoms with Gasteiger partial charge in [0.2, 0.25) is 5.91 Å². The molecule has 0 fully saturated rings. The number of hydrogen-bond donors (Lipinski definition) is 2. The fourth-order valence-corrected chi connectivity index (χ4v) is 1.78. The van der Waals surface area contributed by atoms with Crippen LogP contribution in [0.15, 0.2) is 21.2 Å². The molecule has 0 bridgehead atoms. The normalized spacial score (nSPS) is 12.8. The van der Waals surface area contributed by atoms with Crippen LogP contribution in [0.1, 0.15) is 39.0 Å². The van der Waals surface area contributed by atoms with Gasteiger partial charge in [0.15, 0.2) is 4.67 Å². The fourth-order valence-electron chi connectivity index (χ4n) is 1.46. The third-order valence-electron chi connectivity index (χ3n) is 2.27. The van der Waals surface area contributed by atoms with E-state index in [1.54, 1.807) is 0 Å². The van der Waals surface area contributed by atoms with Crippen molar-refractivity contribution in [2.75, 3.05) is 6.54 Å².